The van der Waals surface area contributed by atoms with Gasteiger partial charge in [0.25, 0.3) is 0 Å². The summed E-state index contributed by atoms with van der Waals surface area (Å²) in [5, 5.41) is 0. The monoisotopic (exact) mass is 370 g/mol. The third-order valence-electron chi connectivity index (χ3n) is 6.11. The fourth-order valence-corrected chi connectivity index (χ4v) is 4.29. The van der Waals surface area contributed by atoms with Crippen molar-refractivity contribution in [3.63, 3.8) is 0 Å². The number of aromatic amines is 1. The highest BCUT2D eigenvalue weighted by molar-refractivity contribution is 5.80. The van der Waals surface area contributed by atoms with Crippen LogP contribution in [0.3, 0.4) is 0 Å². The number of fused-ring (bicyclic) bond motifs is 1. The van der Waals surface area contributed by atoms with Gasteiger partial charge in [0.2, 0.25) is 5.91 Å². The molecule has 0 spiro atoms. The average Bonchev–Trinajstić information content (AvgIpc) is 3.14. The van der Waals surface area contributed by atoms with E-state index < -0.39 is 0 Å². The van der Waals surface area contributed by atoms with E-state index in [1.54, 1.807) is 0 Å². The van der Waals surface area contributed by atoms with Gasteiger partial charge in [0.05, 0.1) is 24.2 Å². The summed E-state index contributed by atoms with van der Waals surface area (Å²) in [5.41, 5.74) is 4.55. The Kier molecular flexibility index (Phi) is 5.45. The van der Waals surface area contributed by atoms with E-state index in [0.717, 1.165) is 62.7 Å². The molecule has 4 rings (SSSR count). The Balaban J connectivity index is 1.35. The minimum Gasteiger partial charge on any atom is -0.379 e. The predicted molar refractivity (Wildman–Crippen MR) is 106 cm³/mol. The second-order valence-corrected chi connectivity index (χ2v) is 7.87. The van der Waals surface area contributed by atoms with Crippen molar-refractivity contribution < 1.29 is 9.53 Å². The van der Waals surface area contributed by atoms with Crippen LogP contribution in [0.5, 0.6) is 0 Å². The van der Waals surface area contributed by atoms with Gasteiger partial charge < -0.3 is 14.6 Å². The number of carbonyl (C=O) groups excluding carboxylic acids is 1. The molecule has 3 heterocycles. The van der Waals surface area contributed by atoms with E-state index in [-0.39, 0.29) is 5.91 Å². The van der Waals surface area contributed by atoms with E-state index in [1.807, 2.05) is 0 Å². The number of ether oxygens (including phenoxy) is 1. The highest BCUT2D eigenvalue weighted by Gasteiger charge is 2.28. The normalized spacial score (nSPS) is 21.7. The molecule has 1 aromatic heterocycles. The Labute approximate surface area is 160 Å². The van der Waals surface area contributed by atoms with Crippen LogP contribution in [0.25, 0.3) is 11.0 Å². The van der Waals surface area contributed by atoms with Gasteiger partial charge >= 0.3 is 0 Å². The number of amides is 1. The number of hydrogen-bond donors (Lipinski definition) is 1. The van der Waals surface area contributed by atoms with Crippen molar-refractivity contribution in [2.24, 2.45) is 0 Å². The van der Waals surface area contributed by atoms with Crippen molar-refractivity contribution in [1.82, 2.24) is 19.8 Å². The average molecular weight is 370 g/mol. The summed E-state index contributed by atoms with van der Waals surface area (Å²) >= 11 is 0. The second-order valence-electron chi connectivity index (χ2n) is 7.87. The molecular formula is C21H30N4O2. The molecule has 0 radical (unpaired) electrons. The molecule has 27 heavy (non-hydrogen) atoms. The summed E-state index contributed by atoms with van der Waals surface area (Å²) in [6, 6.07) is 4.68. The SMILES string of the molecule is Cc1ccc2[nH]c(CCC(=O)N3CCCC(N4CCOCC4)C3)nc2c1C. The number of aromatic nitrogens is 2. The number of nitrogens with zero attached hydrogens (tertiary/aromatic N) is 3. The molecule has 1 unspecified atom stereocenters. The first kappa shape index (κ1) is 18.4. The number of imidazole rings is 1. The number of hydrogen-bond acceptors (Lipinski definition) is 4. The Morgan fingerprint density at radius 2 is 2.07 bits per heavy atom. The van der Waals surface area contributed by atoms with Crippen molar-refractivity contribution in [2.75, 3.05) is 39.4 Å². The van der Waals surface area contributed by atoms with Crippen molar-refractivity contribution in [3.8, 4) is 0 Å². The maximum Gasteiger partial charge on any atom is 0.223 e. The smallest absolute Gasteiger partial charge is 0.223 e. The zero-order valence-corrected chi connectivity index (χ0v) is 16.5. The zero-order valence-electron chi connectivity index (χ0n) is 16.5. The maximum atomic E-state index is 12.8. The summed E-state index contributed by atoms with van der Waals surface area (Å²) in [4.78, 5) is 25.4. The van der Waals surface area contributed by atoms with Crippen LogP contribution in [0.1, 0.15) is 36.2 Å². The number of carbonyl (C=O) groups is 1. The van der Waals surface area contributed by atoms with Gasteiger partial charge in [-0.05, 0) is 43.9 Å². The van der Waals surface area contributed by atoms with Crippen molar-refractivity contribution in [3.05, 3.63) is 29.1 Å². The summed E-state index contributed by atoms with van der Waals surface area (Å²) in [6.07, 6.45) is 3.47. The number of piperidine rings is 1. The molecule has 2 fully saturated rings. The standard InChI is InChI=1S/C21H30N4O2/c1-15-5-6-18-21(16(15)2)23-19(22-18)7-8-20(26)25-9-3-4-17(14-25)24-10-12-27-13-11-24/h5-6,17H,3-4,7-14H2,1-2H3,(H,22,23). The predicted octanol–water partition coefficient (Wildman–Crippen LogP) is 2.44. The molecule has 0 bridgehead atoms. The van der Waals surface area contributed by atoms with Crippen molar-refractivity contribution in [2.45, 2.75) is 45.6 Å². The van der Waals surface area contributed by atoms with E-state index in [0.29, 0.717) is 18.9 Å². The summed E-state index contributed by atoms with van der Waals surface area (Å²) in [5.74, 6) is 1.16. The molecule has 2 saturated heterocycles. The third-order valence-corrected chi connectivity index (χ3v) is 6.11. The molecule has 1 aromatic carbocycles. The van der Waals surface area contributed by atoms with Gasteiger partial charge in [-0.3, -0.25) is 9.69 Å². The van der Waals surface area contributed by atoms with E-state index in [9.17, 15) is 4.79 Å². The first-order valence-corrected chi connectivity index (χ1v) is 10.2. The van der Waals surface area contributed by atoms with Crippen LogP contribution in [0.4, 0.5) is 0 Å². The van der Waals surface area contributed by atoms with Crippen molar-refractivity contribution >= 4 is 16.9 Å². The zero-order chi connectivity index (χ0) is 18.8. The van der Waals surface area contributed by atoms with Crippen LogP contribution in [0.2, 0.25) is 0 Å². The van der Waals surface area contributed by atoms with Gasteiger partial charge in [0.15, 0.2) is 0 Å². The first-order chi connectivity index (χ1) is 13.1. The molecule has 0 saturated carbocycles. The van der Waals surface area contributed by atoms with Crippen molar-refractivity contribution in [1.29, 1.82) is 0 Å². The van der Waals surface area contributed by atoms with E-state index in [2.05, 4.69) is 40.8 Å². The number of benzene rings is 1. The summed E-state index contributed by atoms with van der Waals surface area (Å²) < 4.78 is 5.46. The minimum atomic E-state index is 0.251. The lowest BCUT2D eigenvalue weighted by molar-refractivity contribution is -0.133. The lowest BCUT2D eigenvalue weighted by Crippen LogP contribution is -2.52. The molecule has 2 aliphatic heterocycles. The molecule has 146 valence electrons. The van der Waals surface area contributed by atoms with Gasteiger partial charge in [0.1, 0.15) is 5.82 Å². The minimum absolute atomic E-state index is 0.251. The molecule has 6 heteroatoms. The number of morpholine rings is 1. The third kappa shape index (κ3) is 4.01. The Hall–Kier alpha value is -1.92. The lowest BCUT2D eigenvalue weighted by Gasteiger charge is -2.40. The number of H-pyrrole nitrogens is 1. The van der Waals surface area contributed by atoms with Gasteiger partial charge in [0, 0.05) is 45.1 Å². The molecule has 2 aromatic rings. The van der Waals surface area contributed by atoms with Gasteiger partial charge in [-0.1, -0.05) is 6.07 Å². The molecule has 2 aliphatic rings. The highest BCUT2D eigenvalue weighted by atomic mass is 16.5. The van der Waals surface area contributed by atoms with Gasteiger partial charge in [-0.2, -0.15) is 0 Å². The van der Waals surface area contributed by atoms with Gasteiger partial charge in [-0.25, -0.2) is 4.98 Å². The maximum absolute atomic E-state index is 12.8. The van der Waals surface area contributed by atoms with Crippen LogP contribution in [-0.2, 0) is 16.0 Å². The molecule has 0 aliphatic carbocycles. The van der Waals surface area contributed by atoms with E-state index in [1.165, 1.54) is 17.5 Å². The quantitative estimate of drug-likeness (QED) is 0.898. The second kappa shape index (κ2) is 7.98. The molecule has 6 nitrogen and oxygen atoms in total. The summed E-state index contributed by atoms with van der Waals surface area (Å²) in [7, 11) is 0. The molecular weight excluding hydrogens is 340 g/mol. The fraction of sp³-hybridized carbons (Fsp3) is 0.619. The van der Waals surface area contributed by atoms with Crippen LogP contribution in [0.15, 0.2) is 12.1 Å². The number of rotatable bonds is 4. The van der Waals surface area contributed by atoms with Crippen LogP contribution >= 0.6 is 0 Å². The fourth-order valence-electron chi connectivity index (χ4n) is 4.29. The van der Waals surface area contributed by atoms with E-state index in [4.69, 9.17) is 9.72 Å². The Morgan fingerprint density at radius 3 is 2.89 bits per heavy atom. The van der Waals surface area contributed by atoms with Crippen LogP contribution in [-0.4, -0.2) is 71.1 Å². The number of nitrogens with one attached hydrogen (secondary N) is 1. The number of likely N-dealkylation sites (tertiary alicyclic amines) is 1. The largest absolute Gasteiger partial charge is 0.379 e. The number of aryl methyl sites for hydroxylation is 3. The van der Waals surface area contributed by atoms with Gasteiger partial charge in [-0.15, -0.1) is 0 Å². The Bertz CT molecular complexity index is 810. The van der Waals surface area contributed by atoms with E-state index >= 15 is 0 Å². The first-order valence-electron chi connectivity index (χ1n) is 10.2. The molecule has 1 atom stereocenters. The van der Waals surface area contributed by atoms with Crippen LogP contribution < -0.4 is 0 Å². The highest BCUT2D eigenvalue weighted by Crippen LogP contribution is 2.21. The topological polar surface area (TPSA) is 61.5 Å². The molecule has 1 amide bonds. The Morgan fingerprint density at radius 1 is 1.26 bits per heavy atom. The molecule has 1 N–H and O–H groups in total. The van der Waals surface area contributed by atoms with Crippen LogP contribution in [0, 0.1) is 13.8 Å². The lowest BCUT2D eigenvalue weighted by atomic mass is 10.0. The summed E-state index contributed by atoms with van der Waals surface area (Å²) in [6.45, 7) is 9.57.